The number of nitrogens with zero attached hydrogens (tertiary/aromatic N) is 1. The van der Waals surface area contributed by atoms with E-state index in [0.29, 0.717) is 12.2 Å². The quantitative estimate of drug-likeness (QED) is 0.882. The molecule has 0 aliphatic carbocycles. The van der Waals surface area contributed by atoms with Gasteiger partial charge in [0.05, 0.1) is 5.51 Å². The zero-order valence-corrected chi connectivity index (χ0v) is 11.4. The number of hydrogen-bond donors (Lipinski definition) is 1. The molecule has 17 heavy (non-hydrogen) atoms. The first kappa shape index (κ1) is 12.3. The van der Waals surface area contributed by atoms with Crippen molar-refractivity contribution in [2.24, 2.45) is 0 Å². The van der Waals surface area contributed by atoms with Crippen molar-refractivity contribution in [3.05, 3.63) is 52.0 Å². The largest absolute Gasteiger partial charge is 0.347 e. The van der Waals surface area contributed by atoms with Crippen LogP contribution in [0.2, 0.25) is 0 Å². The number of amides is 1. The third-order valence-corrected chi connectivity index (χ3v) is 3.53. The van der Waals surface area contributed by atoms with Crippen LogP contribution in [0.5, 0.6) is 0 Å². The number of nitrogens with one attached hydrogen (secondary N) is 1. The van der Waals surface area contributed by atoms with Crippen molar-refractivity contribution in [3.63, 3.8) is 0 Å². The minimum Gasteiger partial charge on any atom is -0.347 e. The predicted molar refractivity (Wildman–Crippen MR) is 72.4 cm³/mol. The molecule has 3 nitrogen and oxygen atoms in total. The van der Waals surface area contributed by atoms with E-state index in [0.717, 1.165) is 10.9 Å². The van der Waals surface area contributed by atoms with Crippen LogP contribution in [0, 0.1) is 0 Å². The molecule has 0 saturated carbocycles. The normalized spacial score (nSPS) is 10.2. The summed E-state index contributed by atoms with van der Waals surface area (Å²) in [6, 6.07) is 8.11. The van der Waals surface area contributed by atoms with E-state index < -0.39 is 0 Å². The zero-order valence-electron chi connectivity index (χ0n) is 9.02. The second kappa shape index (κ2) is 5.93. The molecule has 1 amide bonds. The first-order valence-corrected chi connectivity index (χ1v) is 7.16. The van der Waals surface area contributed by atoms with Crippen LogP contribution >= 0.6 is 27.3 Å². The Morgan fingerprint density at radius 3 is 2.59 bits per heavy atom. The minimum absolute atomic E-state index is 0.129. The second-order valence-electron chi connectivity index (χ2n) is 3.51. The summed E-state index contributed by atoms with van der Waals surface area (Å²) in [6.07, 6.45) is 0. The van der Waals surface area contributed by atoms with Crippen LogP contribution < -0.4 is 5.32 Å². The lowest BCUT2D eigenvalue weighted by Gasteiger charge is -2.04. The molecule has 0 unspecified atom stereocenters. The van der Waals surface area contributed by atoms with Gasteiger partial charge in [-0.1, -0.05) is 40.2 Å². The van der Waals surface area contributed by atoms with Gasteiger partial charge >= 0.3 is 0 Å². The number of aromatic nitrogens is 1. The van der Waals surface area contributed by atoms with Crippen LogP contribution in [0.25, 0.3) is 0 Å². The molecule has 1 aromatic heterocycles. The van der Waals surface area contributed by atoms with Gasteiger partial charge in [0.15, 0.2) is 0 Å². The highest BCUT2D eigenvalue weighted by Crippen LogP contribution is 2.08. The highest BCUT2D eigenvalue weighted by Gasteiger charge is 2.06. The van der Waals surface area contributed by atoms with Gasteiger partial charge in [0, 0.05) is 17.3 Å². The number of hydrogen-bond acceptors (Lipinski definition) is 3. The summed E-state index contributed by atoms with van der Waals surface area (Å²) in [5.41, 5.74) is 4.43. The Balaban J connectivity index is 1.91. The molecule has 1 N–H and O–H groups in total. The molecule has 1 aromatic carbocycles. The Morgan fingerprint density at radius 2 is 2.00 bits per heavy atom. The van der Waals surface area contributed by atoms with E-state index in [9.17, 15) is 4.79 Å². The molecular weight excluding hydrogens is 300 g/mol. The van der Waals surface area contributed by atoms with Crippen molar-refractivity contribution < 1.29 is 4.79 Å². The van der Waals surface area contributed by atoms with Crippen LogP contribution in [-0.2, 0) is 11.9 Å². The smallest absolute Gasteiger partial charge is 0.271 e. The highest BCUT2D eigenvalue weighted by molar-refractivity contribution is 9.08. The van der Waals surface area contributed by atoms with E-state index in [1.165, 1.54) is 16.9 Å². The van der Waals surface area contributed by atoms with Crippen LogP contribution in [0.15, 0.2) is 35.2 Å². The monoisotopic (exact) mass is 310 g/mol. The van der Waals surface area contributed by atoms with E-state index in [4.69, 9.17) is 0 Å². The van der Waals surface area contributed by atoms with Crippen molar-refractivity contribution in [2.75, 3.05) is 0 Å². The molecule has 0 atom stereocenters. The number of carbonyl (C=O) groups excluding carboxylic acids is 1. The van der Waals surface area contributed by atoms with Crippen molar-refractivity contribution in [3.8, 4) is 0 Å². The lowest BCUT2D eigenvalue weighted by Crippen LogP contribution is -2.22. The summed E-state index contributed by atoms with van der Waals surface area (Å²) >= 11 is 4.81. The molecular formula is C12H11BrN2OS. The van der Waals surface area contributed by atoms with Gasteiger partial charge in [-0.15, -0.1) is 11.3 Å². The molecule has 88 valence electrons. The van der Waals surface area contributed by atoms with Crippen LogP contribution in [-0.4, -0.2) is 10.9 Å². The second-order valence-corrected chi connectivity index (χ2v) is 4.79. The standard InChI is InChI=1S/C12H11BrN2OS/c13-5-9-1-3-10(4-2-9)6-14-12(16)11-7-17-8-15-11/h1-4,7-8H,5-6H2,(H,14,16). The van der Waals surface area contributed by atoms with Crippen molar-refractivity contribution >= 4 is 33.2 Å². The van der Waals surface area contributed by atoms with Crippen molar-refractivity contribution in [2.45, 2.75) is 11.9 Å². The molecule has 0 spiro atoms. The first-order chi connectivity index (χ1) is 8.29. The molecule has 2 rings (SSSR count). The molecule has 1 heterocycles. The molecule has 0 aliphatic heterocycles. The molecule has 2 aromatic rings. The summed E-state index contributed by atoms with van der Waals surface area (Å²) in [5, 5.41) is 5.42. The minimum atomic E-state index is -0.129. The van der Waals surface area contributed by atoms with E-state index in [1.807, 2.05) is 24.3 Å². The fourth-order valence-electron chi connectivity index (χ4n) is 1.34. The topological polar surface area (TPSA) is 42.0 Å². The van der Waals surface area contributed by atoms with Crippen molar-refractivity contribution in [1.82, 2.24) is 10.3 Å². The Labute approximate surface area is 112 Å². The number of carbonyl (C=O) groups is 1. The fraction of sp³-hybridized carbons (Fsp3) is 0.167. The van der Waals surface area contributed by atoms with E-state index in [-0.39, 0.29) is 5.91 Å². The van der Waals surface area contributed by atoms with Gasteiger partial charge in [0.2, 0.25) is 0 Å². The fourth-order valence-corrected chi connectivity index (χ4v) is 2.25. The molecule has 0 fully saturated rings. The van der Waals surface area contributed by atoms with Gasteiger partial charge in [-0.05, 0) is 11.1 Å². The maximum atomic E-state index is 11.6. The first-order valence-electron chi connectivity index (χ1n) is 5.10. The third-order valence-electron chi connectivity index (χ3n) is 2.30. The SMILES string of the molecule is O=C(NCc1ccc(CBr)cc1)c1cscn1. The van der Waals surface area contributed by atoms with Crippen LogP contribution in [0.1, 0.15) is 21.6 Å². The lowest BCUT2D eigenvalue weighted by molar-refractivity contribution is 0.0946. The van der Waals surface area contributed by atoms with E-state index in [2.05, 4.69) is 26.2 Å². The van der Waals surface area contributed by atoms with Crippen molar-refractivity contribution in [1.29, 1.82) is 0 Å². The van der Waals surface area contributed by atoms with Gasteiger partial charge in [-0.25, -0.2) is 4.98 Å². The zero-order chi connectivity index (χ0) is 12.1. The summed E-state index contributed by atoms with van der Waals surface area (Å²) in [4.78, 5) is 15.6. The lowest BCUT2D eigenvalue weighted by atomic mass is 10.1. The van der Waals surface area contributed by atoms with E-state index in [1.54, 1.807) is 10.9 Å². The molecule has 0 saturated heterocycles. The molecule has 0 radical (unpaired) electrons. The maximum Gasteiger partial charge on any atom is 0.271 e. The summed E-state index contributed by atoms with van der Waals surface area (Å²) < 4.78 is 0. The Bertz CT molecular complexity index is 482. The molecule has 5 heteroatoms. The highest BCUT2D eigenvalue weighted by atomic mass is 79.9. The maximum absolute atomic E-state index is 11.6. The Kier molecular flexibility index (Phi) is 4.28. The summed E-state index contributed by atoms with van der Waals surface area (Å²) in [5.74, 6) is -0.129. The van der Waals surface area contributed by atoms with Gasteiger partial charge in [-0.3, -0.25) is 4.79 Å². The number of benzene rings is 1. The van der Waals surface area contributed by atoms with Gasteiger partial charge in [-0.2, -0.15) is 0 Å². The summed E-state index contributed by atoms with van der Waals surface area (Å²) in [7, 11) is 0. The Hall–Kier alpha value is -1.20. The van der Waals surface area contributed by atoms with Gasteiger partial charge in [0.1, 0.15) is 5.69 Å². The third kappa shape index (κ3) is 3.38. The average molecular weight is 311 g/mol. The molecule has 0 bridgehead atoms. The average Bonchev–Trinajstić information content (AvgIpc) is 2.90. The van der Waals surface area contributed by atoms with E-state index >= 15 is 0 Å². The molecule has 0 aliphatic rings. The number of thiazole rings is 1. The number of halogens is 1. The number of rotatable bonds is 4. The summed E-state index contributed by atoms with van der Waals surface area (Å²) in [6.45, 7) is 0.527. The van der Waals surface area contributed by atoms with Crippen LogP contribution in [0.3, 0.4) is 0 Å². The number of alkyl halides is 1. The van der Waals surface area contributed by atoms with Gasteiger partial charge < -0.3 is 5.32 Å². The van der Waals surface area contributed by atoms with Gasteiger partial charge in [0.25, 0.3) is 5.91 Å². The predicted octanol–water partition coefficient (Wildman–Crippen LogP) is 2.97. The van der Waals surface area contributed by atoms with Crippen LogP contribution in [0.4, 0.5) is 0 Å². The Morgan fingerprint density at radius 1 is 1.29 bits per heavy atom.